The van der Waals surface area contributed by atoms with Crippen LogP contribution in [0.3, 0.4) is 0 Å². The van der Waals surface area contributed by atoms with E-state index >= 15 is 0 Å². The van der Waals surface area contributed by atoms with Gasteiger partial charge in [-0.05, 0) is 13.3 Å². The Hall–Kier alpha value is -1.65. The summed E-state index contributed by atoms with van der Waals surface area (Å²) in [5.74, 6) is -0.997. The van der Waals surface area contributed by atoms with Gasteiger partial charge in [-0.15, -0.1) is 0 Å². The minimum atomic E-state index is -0.997. The Labute approximate surface area is 75.6 Å². The molecule has 0 fully saturated rings. The molecule has 0 aliphatic heterocycles. The van der Waals surface area contributed by atoms with Crippen molar-refractivity contribution in [2.24, 2.45) is 0 Å². The van der Waals surface area contributed by atoms with Gasteiger partial charge < -0.3 is 5.11 Å². The van der Waals surface area contributed by atoms with Crippen molar-refractivity contribution in [3.8, 4) is 0 Å². The lowest BCUT2D eigenvalue weighted by Crippen LogP contribution is -2.20. The van der Waals surface area contributed by atoms with E-state index < -0.39 is 5.97 Å². The second-order valence-electron chi connectivity index (χ2n) is 2.43. The molecule has 13 heavy (non-hydrogen) atoms. The number of carboxylic acid groups (broad SMARTS) is 1. The first kappa shape index (κ1) is 11.4. The number of amides is 2. The molecule has 0 saturated carbocycles. The van der Waals surface area contributed by atoms with Crippen LogP contribution in [-0.2, 0) is 14.4 Å². The molecule has 5 heteroatoms. The summed E-state index contributed by atoms with van der Waals surface area (Å²) in [5, 5.41) is 8.44. The van der Waals surface area contributed by atoms with Crippen molar-refractivity contribution in [1.82, 2.24) is 4.90 Å². The smallest absolute Gasteiger partial charge is 0.330 e. The molecule has 0 aromatic carbocycles. The van der Waals surface area contributed by atoms with E-state index in [2.05, 4.69) is 0 Å². The fourth-order valence-electron chi connectivity index (χ4n) is 0.648. The number of rotatable bonds is 6. The zero-order chi connectivity index (χ0) is 10.3. The first-order valence-electron chi connectivity index (χ1n) is 3.68. The molecule has 72 valence electrons. The van der Waals surface area contributed by atoms with Gasteiger partial charge in [-0.2, -0.15) is 0 Å². The van der Waals surface area contributed by atoms with Gasteiger partial charge in [-0.25, -0.2) is 4.79 Å². The average molecular weight is 185 g/mol. The molecule has 0 atom stereocenters. The van der Waals surface area contributed by atoms with Crippen LogP contribution in [0.25, 0.3) is 0 Å². The molecular weight excluding hydrogens is 174 g/mol. The molecule has 0 aromatic heterocycles. The van der Waals surface area contributed by atoms with Gasteiger partial charge in [0.05, 0.1) is 0 Å². The van der Waals surface area contributed by atoms with E-state index in [0.29, 0.717) is 19.2 Å². The van der Waals surface area contributed by atoms with Crippen molar-refractivity contribution in [3.63, 3.8) is 0 Å². The minimum absolute atomic E-state index is 0.205. The number of carbonyl (C=O) groups excluding carboxylic acids is 2. The zero-order valence-electron chi connectivity index (χ0n) is 7.27. The highest BCUT2D eigenvalue weighted by atomic mass is 16.4. The summed E-state index contributed by atoms with van der Waals surface area (Å²) in [5.41, 5.74) is 0.205. The van der Waals surface area contributed by atoms with Gasteiger partial charge in [-0.1, -0.05) is 6.08 Å². The van der Waals surface area contributed by atoms with Crippen LogP contribution in [0.4, 0.5) is 0 Å². The van der Waals surface area contributed by atoms with Crippen LogP contribution in [0.1, 0.15) is 13.3 Å². The van der Waals surface area contributed by atoms with Crippen LogP contribution in [0, 0.1) is 0 Å². The summed E-state index contributed by atoms with van der Waals surface area (Å²) in [7, 11) is 0. The van der Waals surface area contributed by atoms with Crippen LogP contribution in [-0.4, -0.2) is 35.3 Å². The Kier molecular flexibility index (Phi) is 5.18. The van der Waals surface area contributed by atoms with Gasteiger partial charge in [0, 0.05) is 12.1 Å². The van der Waals surface area contributed by atoms with Gasteiger partial charge >= 0.3 is 5.97 Å². The van der Waals surface area contributed by atoms with E-state index in [0.717, 1.165) is 4.90 Å². The minimum Gasteiger partial charge on any atom is -0.478 e. The van der Waals surface area contributed by atoms with Gasteiger partial charge in [0.25, 0.3) is 0 Å². The number of hydrogen-bond acceptors (Lipinski definition) is 3. The van der Waals surface area contributed by atoms with E-state index in [4.69, 9.17) is 5.11 Å². The molecule has 0 heterocycles. The molecule has 0 aliphatic rings. The van der Waals surface area contributed by atoms with Crippen LogP contribution in [0.2, 0.25) is 0 Å². The maximum atomic E-state index is 10.3. The Bertz CT molecular complexity index is 226. The number of nitrogens with zero attached hydrogens (tertiary/aromatic N) is 1. The zero-order valence-corrected chi connectivity index (χ0v) is 7.27. The number of hydrogen-bond donors (Lipinski definition) is 1. The number of imide groups is 1. The Morgan fingerprint density at radius 2 is 1.92 bits per heavy atom. The van der Waals surface area contributed by atoms with Crippen molar-refractivity contribution in [3.05, 3.63) is 11.6 Å². The molecule has 0 unspecified atom stereocenters. The maximum Gasteiger partial charge on any atom is 0.330 e. The van der Waals surface area contributed by atoms with Crippen molar-refractivity contribution in [1.29, 1.82) is 0 Å². The predicted octanol–water partition coefficient (Wildman–Crippen LogP) is 0.0222. The average Bonchev–Trinajstić information content (AvgIpc) is 2.12. The summed E-state index contributed by atoms with van der Waals surface area (Å²) >= 11 is 0. The van der Waals surface area contributed by atoms with Crippen molar-refractivity contribution in [2.75, 3.05) is 6.54 Å². The highest BCUT2D eigenvalue weighted by Gasteiger charge is 2.00. The van der Waals surface area contributed by atoms with Crippen molar-refractivity contribution >= 4 is 18.8 Å². The SMILES string of the molecule is C/C(=C\CCN(C=O)C=O)C(=O)O. The van der Waals surface area contributed by atoms with Gasteiger partial charge in [-0.3, -0.25) is 14.5 Å². The fourth-order valence-corrected chi connectivity index (χ4v) is 0.648. The topological polar surface area (TPSA) is 74.7 Å². The lowest BCUT2D eigenvalue weighted by atomic mass is 10.2. The molecule has 1 N–H and O–H groups in total. The summed E-state index contributed by atoms with van der Waals surface area (Å²) in [4.78, 5) is 31.4. The van der Waals surface area contributed by atoms with Gasteiger partial charge in [0.2, 0.25) is 12.8 Å². The standard InChI is InChI=1S/C8H11NO4/c1-7(8(12)13)3-2-4-9(5-10)6-11/h3,5-6H,2,4H2,1H3,(H,12,13)/b7-3+. The molecule has 5 nitrogen and oxygen atoms in total. The van der Waals surface area contributed by atoms with E-state index in [-0.39, 0.29) is 12.1 Å². The summed E-state index contributed by atoms with van der Waals surface area (Å²) in [6.07, 6.45) is 2.62. The highest BCUT2D eigenvalue weighted by molar-refractivity contribution is 5.85. The van der Waals surface area contributed by atoms with Crippen LogP contribution >= 0.6 is 0 Å². The Morgan fingerprint density at radius 1 is 1.38 bits per heavy atom. The molecule has 0 aromatic rings. The highest BCUT2D eigenvalue weighted by Crippen LogP contribution is 1.95. The van der Waals surface area contributed by atoms with E-state index in [1.165, 1.54) is 13.0 Å². The molecule has 0 saturated heterocycles. The van der Waals surface area contributed by atoms with Gasteiger partial charge in [0.1, 0.15) is 0 Å². The van der Waals surface area contributed by atoms with E-state index in [1.807, 2.05) is 0 Å². The molecule has 0 radical (unpaired) electrons. The Morgan fingerprint density at radius 3 is 2.31 bits per heavy atom. The summed E-state index contributed by atoms with van der Waals surface area (Å²) in [6.45, 7) is 1.66. The van der Waals surface area contributed by atoms with Crippen LogP contribution in [0.5, 0.6) is 0 Å². The normalized spacial score (nSPS) is 10.7. The first-order chi connectivity index (χ1) is 6.11. The van der Waals surface area contributed by atoms with Crippen LogP contribution in [0.15, 0.2) is 11.6 Å². The second-order valence-corrected chi connectivity index (χ2v) is 2.43. The molecular formula is C8H11NO4. The number of carboxylic acids is 1. The molecule has 0 spiro atoms. The van der Waals surface area contributed by atoms with Crippen molar-refractivity contribution < 1.29 is 19.5 Å². The lowest BCUT2D eigenvalue weighted by molar-refractivity contribution is -0.132. The van der Waals surface area contributed by atoms with Gasteiger partial charge in [0.15, 0.2) is 0 Å². The maximum absolute atomic E-state index is 10.3. The molecule has 0 bridgehead atoms. The van der Waals surface area contributed by atoms with Crippen LogP contribution < -0.4 is 0 Å². The molecule has 0 rings (SSSR count). The summed E-state index contributed by atoms with van der Waals surface area (Å²) < 4.78 is 0. The largest absolute Gasteiger partial charge is 0.478 e. The van der Waals surface area contributed by atoms with E-state index in [9.17, 15) is 14.4 Å². The second kappa shape index (κ2) is 5.93. The number of aliphatic carboxylic acids is 1. The first-order valence-corrected chi connectivity index (χ1v) is 3.68. The lowest BCUT2D eigenvalue weighted by Gasteiger charge is -2.05. The molecule has 2 amide bonds. The molecule has 0 aliphatic carbocycles. The monoisotopic (exact) mass is 185 g/mol. The summed E-state index contributed by atoms with van der Waals surface area (Å²) in [6, 6.07) is 0. The van der Waals surface area contributed by atoms with Crippen molar-refractivity contribution in [2.45, 2.75) is 13.3 Å². The van der Waals surface area contributed by atoms with E-state index in [1.54, 1.807) is 0 Å². The quantitative estimate of drug-likeness (QED) is 0.467. The third-order valence-electron chi connectivity index (χ3n) is 1.45. The third-order valence-corrected chi connectivity index (χ3v) is 1.45. The Balaban J connectivity index is 3.90. The third kappa shape index (κ3) is 4.73. The number of carbonyl (C=O) groups is 3. The predicted molar refractivity (Wildman–Crippen MR) is 44.8 cm³/mol. The fraction of sp³-hybridized carbons (Fsp3) is 0.375.